The van der Waals surface area contributed by atoms with Crippen LogP contribution in [-0.2, 0) is 4.79 Å². The van der Waals surface area contributed by atoms with Crippen molar-refractivity contribution in [1.82, 2.24) is 10.6 Å². The van der Waals surface area contributed by atoms with E-state index in [-0.39, 0.29) is 29.8 Å². The zero-order valence-corrected chi connectivity index (χ0v) is 16.8. The van der Waals surface area contributed by atoms with Gasteiger partial charge in [-0.15, -0.1) is 12.4 Å². The number of alkyl halides is 3. The van der Waals surface area contributed by atoms with E-state index in [1.54, 1.807) is 13.0 Å². The maximum atomic E-state index is 12.4. The van der Waals surface area contributed by atoms with Crippen LogP contribution in [0.3, 0.4) is 0 Å². The molecule has 1 aliphatic heterocycles. The van der Waals surface area contributed by atoms with Crippen LogP contribution in [0.4, 0.5) is 18.9 Å². The van der Waals surface area contributed by atoms with Gasteiger partial charge >= 0.3 is 6.18 Å². The molecule has 0 bridgehead atoms. The van der Waals surface area contributed by atoms with E-state index in [2.05, 4.69) is 10.6 Å². The van der Waals surface area contributed by atoms with Crippen molar-refractivity contribution in [3.05, 3.63) is 29.3 Å². The van der Waals surface area contributed by atoms with Gasteiger partial charge in [0.15, 0.2) is 0 Å². The summed E-state index contributed by atoms with van der Waals surface area (Å²) in [7, 11) is 0. The minimum absolute atomic E-state index is 0. The summed E-state index contributed by atoms with van der Waals surface area (Å²) in [6, 6.07) is 4.45. The van der Waals surface area contributed by atoms with Gasteiger partial charge in [0.2, 0.25) is 5.91 Å². The molecule has 1 aromatic rings. The summed E-state index contributed by atoms with van der Waals surface area (Å²) in [5, 5.41) is 7.95. The van der Waals surface area contributed by atoms with E-state index in [0.29, 0.717) is 18.0 Å². The first-order chi connectivity index (χ1) is 12.7. The van der Waals surface area contributed by atoms with Gasteiger partial charge in [-0.3, -0.25) is 9.59 Å². The lowest BCUT2D eigenvalue weighted by molar-refractivity contribution is -0.123. The van der Waals surface area contributed by atoms with Crippen LogP contribution in [0, 0.1) is 18.8 Å². The Balaban J connectivity index is 0.00000392. The molecule has 1 saturated heterocycles. The third-order valence-electron chi connectivity index (χ3n) is 4.87. The molecule has 1 fully saturated rings. The molecule has 2 unspecified atom stereocenters. The topological polar surface area (TPSA) is 70.2 Å². The molecule has 158 valence electrons. The zero-order valence-electron chi connectivity index (χ0n) is 16.0. The second kappa shape index (κ2) is 10.7. The molecular weight excluding hydrogens is 395 g/mol. The minimum Gasteiger partial charge on any atom is -0.343 e. The van der Waals surface area contributed by atoms with Gasteiger partial charge in [0.25, 0.3) is 5.91 Å². The first-order valence-electron chi connectivity index (χ1n) is 9.12. The number of aryl methyl sites for hydroxylation is 1. The number of carbonyl (C=O) groups is 2. The van der Waals surface area contributed by atoms with Gasteiger partial charge in [0.1, 0.15) is 6.54 Å². The fraction of sp³-hybridized carbons (Fsp3) is 0.579. The van der Waals surface area contributed by atoms with Crippen LogP contribution in [0.1, 0.15) is 42.1 Å². The van der Waals surface area contributed by atoms with Crippen LogP contribution in [-0.4, -0.2) is 37.6 Å². The molecule has 0 radical (unpaired) electrons. The van der Waals surface area contributed by atoms with Gasteiger partial charge in [-0.05, 0) is 62.4 Å². The fourth-order valence-corrected chi connectivity index (χ4v) is 3.21. The third kappa shape index (κ3) is 7.67. The quantitative estimate of drug-likeness (QED) is 0.656. The molecule has 0 spiro atoms. The highest BCUT2D eigenvalue weighted by Crippen LogP contribution is 2.24. The molecule has 0 aliphatic carbocycles. The number of carbonyl (C=O) groups excluding carboxylic acids is 2. The van der Waals surface area contributed by atoms with Crippen molar-refractivity contribution in [1.29, 1.82) is 0 Å². The van der Waals surface area contributed by atoms with Crippen LogP contribution < -0.4 is 16.0 Å². The minimum atomic E-state index is -4.47. The first-order valence-corrected chi connectivity index (χ1v) is 9.12. The van der Waals surface area contributed by atoms with E-state index in [1.807, 2.05) is 12.2 Å². The molecule has 2 atom stereocenters. The molecule has 2 rings (SSSR count). The van der Waals surface area contributed by atoms with Crippen molar-refractivity contribution in [3.63, 3.8) is 0 Å². The first kappa shape index (κ1) is 24.2. The standard InChI is InChI=1S/C19H26F3N3O2.ClH/c1-12-5-6-14(18(27)24-11-19(20,21)22)9-16(12)25-17(26)8-13(2)15-4-3-7-23-10-15;/h5-6,9,13,15,23H,3-4,7-8,10-11H2,1-2H3,(H,24,27)(H,25,26);1H. The van der Waals surface area contributed by atoms with Gasteiger partial charge in [-0.1, -0.05) is 13.0 Å². The largest absolute Gasteiger partial charge is 0.405 e. The number of nitrogens with one attached hydrogen (secondary N) is 3. The van der Waals surface area contributed by atoms with Crippen molar-refractivity contribution < 1.29 is 22.8 Å². The summed E-state index contributed by atoms with van der Waals surface area (Å²) in [6.45, 7) is 4.33. The normalized spacial score (nSPS) is 18.0. The van der Waals surface area contributed by atoms with E-state index >= 15 is 0 Å². The van der Waals surface area contributed by atoms with Crippen LogP contribution in [0.25, 0.3) is 0 Å². The molecule has 1 aliphatic rings. The van der Waals surface area contributed by atoms with Crippen LogP contribution in [0.2, 0.25) is 0 Å². The summed E-state index contributed by atoms with van der Waals surface area (Å²) in [6.07, 6.45) is -1.92. The average molecular weight is 422 g/mol. The number of halogens is 4. The highest BCUT2D eigenvalue weighted by molar-refractivity contribution is 5.97. The maximum absolute atomic E-state index is 12.4. The number of piperidine rings is 1. The van der Waals surface area contributed by atoms with Crippen LogP contribution in [0.5, 0.6) is 0 Å². The molecule has 5 nitrogen and oxygen atoms in total. The number of benzene rings is 1. The molecule has 0 aromatic heterocycles. The molecule has 0 saturated carbocycles. The lowest BCUT2D eigenvalue weighted by atomic mass is 9.85. The van der Waals surface area contributed by atoms with Crippen LogP contribution >= 0.6 is 12.4 Å². The Morgan fingerprint density at radius 2 is 2.04 bits per heavy atom. The lowest BCUT2D eigenvalue weighted by Gasteiger charge is -2.28. The van der Waals surface area contributed by atoms with E-state index in [1.165, 1.54) is 12.1 Å². The summed E-state index contributed by atoms with van der Waals surface area (Å²) < 4.78 is 36.7. The highest BCUT2D eigenvalue weighted by Gasteiger charge is 2.28. The lowest BCUT2D eigenvalue weighted by Crippen LogP contribution is -2.34. The third-order valence-corrected chi connectivity index (χ3v) is 4.87. The van der Waals surface area contributed by atoms with E-state index in [0.717, 1.165) is 31.5 Å². The summed E-state index contributed by atoms with van der Waals surface area (Å²) in [4.78, 5) is 24.3. The summed E-state index contributed by atoms with van der Waals surface area (Å²) in [5.74, 6) is -0.324. The van der Waals surface area contributed by atoms with Crippen molar-refractivity contribution in [2.75, 3.05) is 25.0 Å². The maximum Gasteiger partial charge on any atom is 0.405 e. The monoisotopic (exact) mass is 421 g/mol. The summed E-state index contributed by atoms with van der Waals surface area (Å²) in [5.41, 5.74) is 1.25. The predicted molar refractivity (Wildman–Crippen MR) is 105 cm³/mol. The number of amides is 2. The van der Waals surface area contributed by atoms with Crippen LogP contribution in [0.15, 0.2) is 18.2 Å². The van der Waals surface area contributed by atoms with Crippen molar-refractivity contribution in [2.45, 2.75) is 39.3 Å². The number of anilines is 1. The molecule has 9 heteroatoms. The number of rotatable bonds is 6. The predicted octanol–water partition coefficient (Wildman–Crippen LogP) is 3.67. The average Bonchev–Trinajstić information content (AvgIpc) is 2.61. The Labute approximate surface area is 169 Å². The summed E-state index contributed by atoms with van der Waals surface area (Å²) >= 11 is 0. The van der Waals surface area contributed by atoms with Gasteiger partial charge in [-0.2, -0.15) is 13.2 Å². The highest BCUT2D eigenvalue weighted by atomic mass is 35.5. The second-order valence-electron chi connectivity index (χ2n) is 7.16. The molecule has 28 heavy (non-hydrogen) atoms. The molecule has 3 N–H and O–H groups in total. The van der Waals surface area contributed by atoms with Crippen molar-refractivity contribution in [3.8, 4) is 0 Å². The Hall–Kier alpha value is -1.80. The van der Waals surface area contributed by atoms with Gasteiger partial charge in [0.05, 0.1) is 0 Å². The molecule has 2 amide bonds. The zero-order chi connectivity index (χ0) is 20.0. The Bertz CT molecular complexity index is 677. The Kier molecular flexibility index (Phi) is 9.23. The van der Waals surface area contributed by atoms with Gasteiger partial charge < -0.3 is 16.0 Å². The molecule has 1 heterocycles. The number of hydrogen-bond donors (Lipinski definition) is 3. The van der Waals surface area contributed by atoms with E-state index in [9.17, 15) is 22.8 Å². The second-order valence-corrected chi connectivity index (χ2v) is 7.16. The Morgan fingerprint density at radius 1 is 1.32 bits per heavy atom. The Morgan fingerprint density at radius 3 is 2.64 bits per heavy atom. The van der Waals surface area contributed by atoms with E-state index in [4.69, 9.17) is 0 Å². The SMILES string of the molecule is Cc1ccc(C(=O)NCC(F)(F)F)cc1NC(=O)CC(C)C1CCCNC1.Cl. The van der Waals surface area contributed by atoms with Gasteiger partial charge in [0, 0.05) is 17.7 Å². The molecular formula is C19H27ClF3N3O2. The smallest absolute Gasteiger partial charge is 0.343 e. The van der Waals surface area contributed by atoms with Gasteiger partial charge in [-0.25, -0.2) is 0 Å². The van der Waals surface area contributed by atoms with Crippen molar-refractivity contribution >= 4 is 29.9 Å². The fourth-order valence-electron chi connectivity index (χ4n) is 3.21. The van der Waals surface area contributed by atoms with Crippen molar-refractivity contribution in [2.24, 2.45) is 11.8 Å². The van der Waals surface area contributed by atoms with E-state index < -0.39 is 18.6 Å². The number of hydrogen-bond acceptors (Lipinski definition) is 3. The molecule has 1 aromatic carbocycles.